The van der Waals surface area contributed by atoms with Crippen molar-refractivity contribution in [2.75, 3.05) is 5.32 Å². The molecule has 1 saturated carbocycles. The third kappa shape index (κ3) is 3.47. The van der Waals surface area contributed by atoms with E-state index in [-0.39, 0.29) is 5.56 Å². The van der Waals surface area contributed by atoms with Crippen LogP contribution in [0.3, 0.4) is 0 Å². The maximum absolute atomic E-state index is 11.8. The first-order valence-electron chi connectivity index (χ1n) is 7.05. The Bertz CT molecular complexity index is 552. The quantitative estimate of drug-likeness (QED) is 0.745. The van der Waals surface area contributed by atoms with Gasteiger partial charge in [0, 0.05) is 10.7 Å². The van der Waals surface area contributed by atoms with E-state index in [9.17, 15) is 14.7 Å². The number of carboxylic acids is 1. The fourth-order valence-corrected chi connectivity index (χ4v) is 2.99. The molecule has 1 aliphatic rings. The van der Waals surface area contributed by atoms with Gasteiger partial charge in [0.1, 0.15) is 5.54 Å². The van der Waals surface area contributed by atoms with Crippen molar-refractivity contribution in [3.05, 3.63) is 28.8 Å². The molecule has 1 amide bonds. The van der Waals surface area contributed by atoms with Crippen LogP contribution in [0.25, 0.3) is 0 Å². The first-order chi connectivity index (χ1) is 9.94. The number of carbonyl (C=O) groups excluding carboxylic acids is 1. The summed E-state index contributed by atoms with van der Waals surface area (Å²) in [5.41, 5.74) is 4.93. The molecular weight excluding hydrogens is 292 g/mol. The molecule has 0 radical (unpaired) electrons. The van der Waals surface area contributed by atoms with Crippen molar-refractivity contribution in [3.63, 3.8) is 0 Å². The first-order valence-corrected chi connectivity index (χ1v) is 7.43. The van der Waals surface area contributed by atoms with Gasteiger partial charge in [0.15, 0.2) is 0 Å². The van der Waals surface area contributed by atoms with Gasteiger partial charge >= 0.3 is 5.97 Å². The zero-order valence-corrected chi connectivity index (χ0v) is 12.4. The lowest BCUT2D eigenvalue weighted by atomic mass is 9.89. The number of nitrogens with two attached hydrogens (primary N) is 1. The fourth-order valence-electron chi connectivity index (χ4n) is 2.82. The van der Waals surface area contributed by atoms with Gasteiger partial charge in [-0.2, -0.15) is 0 Å². The van der Waals surface area contributed by atoms with Crippen LogP contribution in [0.1, 0.15) is 48.9 Å². The lowest BCUT2D eigenvalue weighted by Crippen LogP contribution is -2.46. The highest BCUT2D eigenvalue weighted by Gasteiger charge is 2.39. The number of carbonyl (C=O) groups is 2. The number of hydrogen-bond donors (Lipinski definition) is 3. The highest BCUT2D eigenvalue weighted by atomic mass is 35.5. The summed E-state index contributed by atoms with van der Waals surface area (Å²) in [5.74, 6) is -1.51. The summed E-state index contributed by atoms with van der Waals surface area (Å²) >= 11 is 5.96. The number of halogens is 1. The number of hydrogen-bond acceptors (Lipinski definition) is 3. The van der Waals surface area contributed by atoms with Gasteiger partial charge in [-0.05, 0) is 31.0 Å². The zero-order chi connectivity index (χ0) is 15.5. The molecule has 1 aromatic carbocycles. The molecule has 1 aliphatic carbocycles. The Morgan fingerprint density at radius 2 is 1.81 bits per heavy atom. The molecule has 6 heteroatoms. The van der Waals surface area contributed by atoms with Gasteiger partial charge in [0.25, 0.3) is 5.91 Å². The summed E-state index contributed by atoms with van der Waals surface area (Å²) in [7, 11) is 0. The van der Waals surface area contributed by atoms with E-state index < -0.39 is 17.4 Å². The predicted octanol–water partition coefficient (Wildman–Crippen LogP) is 3.03. The second kappa shape index (κ2) is 6.35. The van der Waals surface area contributed by atoms with Crippen LogP contribution < -0.4 is 11.1 Å². The van der Waals surface area contributed by atoms with E-state index in [2.05, 4.69) is 5.32 Å². The van der Waals surface area contributed by atoms with Crippen molar-refractivity contribution in [2.24, 2.45) is 5.73 Å². The molecule has 114 valence electrons. The molecule has 2 rings (SSSR count). The Kier molecular flexibility index (Phi) is 4.73. The van der Waals surface area contributed by atoms with E-state index >= 15 is 0 Å². The molecule has 21 heavy (non-hydrogen) atoms. The minimum absolute atomic E-state index is 0.254. The Hall–Kier alpha value is -1.75. The van der Waals surface area contributed by atoms with E-state index in [4.69, 9.17) is 17.3 Å². The summed E-state index contributed by atoms with van der Waals surface area (Å²) in [6.45, 7) is 0. The SMILES string of the molecule is NC(=O)c1ccc(Cl)cc1NC1(C(=O)O)CCCCCC1. The summed E-state index contributed by atoms with van der Waals surface area (Å²) in [6.07, 6.45) is 4.77. The molecule has 0 unspecified atom stereocenters. The van der Waals surface area contributed by atoms with Crippen molar-refractivity contribution < 1.29 is 14.7 Å². The highest BCUT2D eigenvalue weighted by molar-refractivity contribution is 6.31. The molecule has 0 bridgehead atoms. The van der Waals surface area contributed by atoms with Gasteiger partial charge in [-0.1, -0.05) is 37.3 Å². The average Bonchev–Trinajstić information content (AvgIpc) is 2.65. The summed E-state index contributed by atoms with van der Waals surface area (Å²) in [4.78, 5) is 23.3. The molecule has 0 spiro atoms. The first kappa shape index (κ1) is 15.6. The second-order valence-corrected chi connectivity index (χ2v) is 5.92. The second-order valence-electron chi connectivity index (χ2n) is 5.48. The largest absolute Gasteiger partial charge is 0.480 e. The summed E-state index contributed by atoms with van der Waals surface area (Å²) in [5, 5.41) is 13.1. The molecule has 0 heterocycles. The van der Waals surface area contributed by atoms with Crippen LogP contribution in [0.4, 0.5) is 5.69 Å². The van der Waals surface area contributed by atoms with Crippen LogP contribution in [-0.4, -0.2) is 22.5 Å². The van der Waals surface area contributed by atoms with Crippen molar-refractivity contribution in [1.29, 1.82) is 0 Å². The van der Waals surface area contributed by atoms with E-state index in [1.54, 1.807) is 12.1 Å². The van der Waals surface area contributed by atoms with E-state index in [0.717, 1.165) is 25.7 Å². The molecule has 0 atom stereocenters. The van der Waals surface area contributed by atoms with Crippen molar-refractivity contribution in [2.45, 2.75) is 44.1 Å². The van der Waals surface area contributed by atoms with Gasteiger partial charge < -0.3 is 16.2 Å². The van der Waals surface area contributed by atoms with Crippen LogP contribution >= 0.6 is 11.6 Å². The van der Waals surface area contributed by atoms with Crippen LogP contribution in [0.5, 0.6) is 0 Å². The standard InChI is InChI=1S/C15H19ClN2O3/c16-10-5-6-11(13(17)19)12(9-10)18-15(14(20)21)7-3-1-2-4-8-15/h5-6,9,18H,1-4,7-8H2,(H2,17,19)(H,20,21). The number of carboxylic acid groups (broad SMARTS) is 1. The van der Waals surface area contributed by atoms with E-state index in [1.807, 2.05) is 0 Å². The maximum atomic E-state index is 11.8. The van der Waals surface area contributed by atoms with Gasteiger partial charge in [0.05, 0.1) is 5.56 Å². The molecule has 0 aliphatic heterocycles. The number of primary amides is 1. The number of amides is 1. The van der Waals surface area contributed by atoms with E-state index in [1.165, 1.54) is 6.07 Å². The molecule has 1 aromatic rings. The zero-order valence-electron chi connectivity index (χ0n) is 11.7. The minimum atomic E-state index is -1.06. The Morgan fingerprint density at radius 3 is 2.33 bits per heavy atom. The number of nitrogens with one attached hydrogen (secondary N) is 1. The normalized spacial score (nSPS) is 17.8. The van der Waals surface area contributed by atoms with Crippen molar-refractivity contribution >= 4 is 29.2 Å². The average molecular weight is 311 g/mol. The smallest absolute Gasteiger partial charge is 0.329 e. The summed E-state index contributed by atoms with van der Waals surface area (Å²) < 4.78 is 0. The van der Waals surface area contributed by atoms with Crippen LogP contribution in [-0.2, 0) is 4.79 Å². The maximum Gasteiger partial charge on any atom is 0.329 e. The minimum Gasteiger partial charge on any atom is -0.480 e. The predicted molar refractivity (Wildman–Crippen MR) is 81.7 cm³/mol. The highest BCUT2D eigenvalue weighted by Crippen LogP contribution is 2.33. The third-order valence-corrected chi connectivity index (χ3v) is 4.22. The van der Waals surface area contributed by atoms with Crippen molar-refractivity contribution in [1.82, 2.24) is 0 Å². The topological polar surface area (TPSA) is 92.4 Å². The number of benzene rings is 1. The lowest BCUT2D eigenvalue weighted by molar-refractivity contribution is -0.142. The molecular formula is C15H19ClN2O3. The molecule has 4 N–H and O–H groups in total. The number of anilines is 1. The van der Waals surface area contributed by atoms with Gasteiger partial charge in [-0.25, -0.2) is 4.79 Å². The van der Waals surface area contributed by atoms with E-state index in [0.29, 0.717) is 23.6 Å². The number of rotatable bonds is 4. The van der Waals surface area contributed by atoms with Crippen LogP contribution in [0, 0.1) is 0 Å². The third-order valence-electron chi connectivity index (χ3n) is 3.99. The Labute approximate surface area is 128 Å². The van der Waals surface area contributed by atoms with Gasteiger partial charge in [-0.15, -0.1) is 0 Å². The van der Waals surface area contributed by atoms with Gasteiger partial charge in [0.2, 0.25) is 0 Å². The Morgan fingerprint density at radius 1 is 1.19 bits per heavy atom. The van der Waals surface area contributed by atoms with Gasteiger partial charge in [-0.3, -0.25) is 4.79 Å². The van der Waals surface area contributed by atoms with Crippen LogP contribution in [0.2, 0.25) is 5.02 Å². The fraction of sp³-hybridized carbons (Fsp3) is 0.467. The van der Waals surface area contributed by atoms with Crippen molar-refractivity contribution in [3.8, 4) is 0 Å². The summed E-state index contributed by atoms with van der Waals surface area (Å²) in [6, 6.07) is 4.63. The lowest BCUT2D eigenvalue weighted by Gasteiger charge is -2.31. The molecule has 0 aromatic heterocycles. The Balaban J connectivity index is 2.39. The number of aliphatic carboxylic acids is 1. The monoisotopic (exact) mass is 310 g/mol. The van der Waals surface area contributed by atoms with Crippen LogP contribution in [0.15, 0.2) is 18.2 Å². The molecule has 0 saturated heterocycles. The molecule has 1 fully saturated rings. The molecule has 5 nitrogen and oxygen atoms in total.